The fourth-order valence-electron chi connectivity index (χ4n) is 2.86. The molecule has 1 fully saturated rings. The van der Waals surface area contributed by atoms with Crippen LogP contribution in [0.4, 0.5) is 0 Å². The van der Waals surface area contributed by atoms with Crippen molar-refractivity contribution in [3.8, 4) is 0 Å². The zero-order valence-corrected chi connectivity index (χ0v) is 14.0. The van der Waals surface area contributed by atoms with E-state index in [2.05, 4.69) is 17.9 Å². The molecular formula is C17H25ClN2O. The topological polar surface area (TPSA) is 23.6 Å². The van der Waals surface area contributed by atoms with E-state index in [0.717, 1.165) is 37.5 Å². The molecule has 0 N–H and O–H groups in total. The monoisotopic (exact) mass is 308 g/mol. The van der Waals surface area contributed by atoms with Gasteiger partial charge < -0.3 is 4.90 Å². The first kappa shape index (κ1) is 16.3. The van der Waals surface area contributed by atoms with Gasteiger partial charge in [-0.1, -0.05) is 17.7 Å². The van der Waals surface area contributed by atoms with Crippen molar-refractivity contribution in [1.82, 2.24) is 9.80 Å². The number of nitrogens with zero attached hydrogens (tertiary/aromatic N) is 2. The van der Waals surface area contributed by atoms with Gasteiger partial charge in [0.25, 0.3) is 0 Å². The summed E-state index contributed by atoms with van der Waals surface area (Å²) in [5.41, 5.74) is 2.61. The molecule has 1 aromatic rings. The third-order valence-corrected chi connectivity index (χ3v) is 4.60. The van der Waals surface area contributed by atoms with Gasteiger partial charge in [-0.2, -0.15) is 0 Å². The van der Waals surface area contributed by atoms with E-state index in [1.807, 2.05) is 26.2 Å². The summed E-state index contributed by atoms with van der Waals surface area (Å²) in [6.45, 7) is 5.25. The highest BCUT2D eigenvalue weighted by Gasteiger charge is 2.22. The molecule has 116 valence electrons. The Balaban J connectivity index is 1.83. The molecule has 0 bridgehead atoms. The van der Waals surface area contributed by atoms with E-state index in [1.54, 1.807) is 4.90 Å². The maximum atomic E-state index is 11.8. The summed E-state index contributed by atoms with van der Waals surface area (Å²) in [4.78, 5) is 15.9. The van der Waals surface area contributed by atoms with E-state index < -0.39 is 0 Å². The standard InChI is InChI=1S/C17H25ClN2O/c1-13-10-16(18)5-4-15(13)12-20-8-6-14(7-9-20)11-17(21)19(2)3/h4-5,10,14H,6-9,11-12H2,1-3H3. The number of piperidine rings is 1. The van der Waals surface area contributed by atoms with Crippen molar-refractivity contribution < 1.29 is 4.79 Å². The second kappa shape index (κ2) is 7.28. The minimum atomic E-state index is 0.252. The van der Waals surface area contributed by atoms with Gasteiger partial charge in [-0.3, -0.25) is 9.69 Å². The summed E-state index contributed by atoms with van der Waals surface area (Å²) in [6.07, 6.45) is 2.93. The Morgan fingerprint density at radius 1 is 1.33 bits per heavy atom. The summed E-state index contributed by atoms with van der Waals surface area (Å²) < 4.78 is 0. The van der Waals surface area contributed by atoms with Gasteiger partial charge in [0.2, 0.25) is 5.91 Å². The van der Waals surface area contributed by atoms with Gasteiger partial charge in [-0.15, -0.1) is 0 Å². The van der Waals surface area contributed by atoms with Crippen LogP contribution in [0.3, 0.4) is 0 Å². The lowest BCUT2D eigenvalue weighted by molar-refractivity contribution is -0.130. The Morgan fingerprint density at radius 3 is 2.57 bits per heavy atom. The molecule has 0 aliphatic carbocycles. The van der Waals surface area contributed by atoms with E-state index in [4.69, 9.17) is 11.6 Å². The van der Waals surface area contributed by atoms with Crippen LogP contribution in [0.2, 0.25) is 5.02 Å². The molecule has 0 radical (unpaired) electrons. The summed E-state index contributed by atoms with van der Waals surface area (Å²) in [6, 6.07) is 6.12. The average molecular weight is 309 g/mol. The molecule has 1 amide bonds. The number of hydrogen-bond donors (Lipinski definition) is 0. The third kappa shape index (κ3) is 4.72. The zero-order chi connectivity index (χ0) is 15.4. The van der Waals surface area contributed by atoms with Gasteiger partial charge in [0.05, 0.1) is 0 Å². The number of benzene rings is 1. The van der Waals surface area contributed by atoms with Gasteiger partial charge in [0.1, 0.15) is 0 Å². The summed E-state index contributed by atoms with van der Waals surface area (Å²) in [5, 5.41) is 0.803. The number of amides is 1. The number of halogens is 1. The lowest BCUT2D eigenvalue weighted by atomic mass is 9.92. The van der Waals surface area contributed by atoms with Crippen LogP contribution >= 0.6 is 11.6 Å². The molecule has 0 spiro atoms. The molecule has 1 aliphatic heterocycles. The molecule has 4 heteroatoms. The van der Waals surface area contributed by atoms with Gasteiger partial charge in [-0.05, 0) is 62.0 Å². The highest BCUT2D eigenvalue weighted by molar-refractivity contribution is 6.30. The molecule has 3 nitrogen and oxygen atoms in total. The van der Waals surface area contributed by atoms with Crippen LogP contribution < -0.4 is 0 Å². The van der Waals surface area contributed by atoms with E-state index in [-0.39, 0.29) is 5.91 Å². The first-order valence-electron chi connectivity index (χ1n) is 7.63. The van der Waals surface area contributed by atoms with Crippen LogP contribution in [-0.2, 0) is 11.3 Å². The zero-order valence-electron chi connectivity index (χ0n) is 13.2. The number of hydrogen-bond acceptors (Lipinski definition) is 2. The second-order valence-electron chi connectivity index (χ2n) is 6.28. The van der Waals surface area contributed by atoms with Crippen molar-refractivity contribution in [3.63, 3.8) is 0 Å². The molecule has 1 heterocycles. The molecule has 0 aromatic heterocycles. The Hall–Kier alpha value is -1.06. The quantitative estimate of drug-likeness (QED) is 0.851. The maximum Gasteiger partial charge on any atom is 0.222 e. The SMILES string of the molecule is Cc1cc(Cl)ccc1CN1CCC(CC(=O)N(C)C)CC1. The molecule has 0 saturated carbocycles. The molecule has 0 unspecified atom stereocenters. The van der Waals surface area contributed by atoms with Crippen molar-refractivity contribution in [3.05, 3.63) is 34.3 Å². The minimum absolute atomic E-state index is 0.252. The fourth-order valence-corrected chi connectivity index (χ4v) is 3.08. The number of aryl methyl sites for hydroxylation is 1. The fraction of sp³-hybridized carbons (Fsp3) is 0.588. The summed E-state index contributed by atoms with van der Waals surface area (Å²) in [5.74, 6) is 0.796. The van der Waals surface area contributed by atoms with Crippen LogP contribution in [0.25, 0.3) is 0 Å². The molecule has 1 aromatic carbocycles. The summed E-state index contributed by atoms with van der Waals surface area (Å²) in [7, 11) is 3.67. The van der Waals surface area contributed by atoms with E-state index in [1.165, 1.54) is 11.1 Å². The van der Waals surface area contributed by atoms with E-state index in [0.29, 0.717) is 12.3 Å². The van der Waals surface area contributed by atoms with Crippen LogP contribution in [0.1, 0.15) is 30.4 Å². The number of carbonyl (C=O) groups is 1. The predicted octanol–water partition coefficient (Wildman–Crippen LogP) is 3.34. The van der Waals surface area contributed by atoms with Gasteiger partial charge >= 0.3 is 0 Å². The average Bonchev–Trinajstić information content (AvgIpc) is 2.43. The van der Waals surface area contributed by atoms with Crippen LogP contribution in [0.15, 0.2) is 18.2 Å². The number of carbonyl (C=O) groups excluding carboxylic acids is 1. The second-order valence-corrected chi connectivity index (χ2v) is 6.72. The minimum Gasteiger partial charge on any atom is -0.349 e. The Labute approximate surface area is 132 Å². The van der Waals surface area contributed by atoms with E-state index >= 15 is 0 Å². The highest BCUT2D eigenvalue weighted by Crippen LogP contribution is 2.24. The largest absolute Gasteiger partial charge is 0.349 e. The van der Waals surface area contributed by atoms with Gasteiger partial charge in [-0.25, -0.2) is 0 Å². The molecule has 21 heavy (non-hydrogen) atoms. The third-order valence-electron chi connectivity index (χ3n) is 4.37. The van der Waals surface area contributed by atoms with Gasteiger partial charge in [0, 0.05) is 32.1 Å². The Bertz CT molecular complexity index is 494. The smallest absolute Gasteiger partial charge is 0.222 e. The van der Waals surface area contributed by atoms with Crippen LogP contribution in [0.5, 0.6) is 0 Å². The Kier molecular flexibility index (Phi) is 5.65. The summed E-state index contributed by atoms with van der Waals surface area (Å²) >= 11 is 6.00. The maximum absolute atomic E-state index is 11.8. The van der Waals surface area contributed by atoms with Crippen molar-refractivity contribution in [2.45, 2.75) is 32.7 Å². The molecule has 2 rings (SSSR count). The Morgan fingerprint density at radius 2 is 2.00 bits per heavy atom. The van der Waals surface area contributed by atoms with Crippen molar-refractivity contribution >= 4 is 17.5 Å². The van der Waals surface area contributed by atoms with Crippen LogP contribution in [0, 0.1) is 12.8 Å². The number of likely N-dealkylation sites (tertiary alicyclic amines) is 1. The first-order valence-corrected chi connectivity index (χ1v) is 8.01. The number of rotatable bonds is 4. The molecule has 1 aliphatic rings. The van der Waals surface area contributed by atoms with Crippen molar-refractivity contribution in [2.24, 2.45) is 5.92 Å². The molecular weight excluding hydrogens is 284 g/mol. The highest BCUT2D eigenvalue weighted by atomic mass is 35.5. The van der Waals surface area contributed by atoms with E-state index in [9.17, 15) is 4.79 Å². The normalized spacial score (nSPS) is 17.0. The first-order chi connectivity index (χ1) is 9.95. The lowest BCUT2D eigenvalue weighted by Crippen LogP contribution is -2.35. The van der Waals surface area contributed by atoms with Gasteiger partial charge in [0.15, 0.2) is 0 Å². The van der Waals surface area contributed by atoms with Crippen molar-refractivity contribution in [2.75, 3.05) is 27.2 Å². The van der Waals surface area contributed by atoms with Crippen molar-refractivity contribution in [1.29, 1.82) is 0 Å². The molecule has 0 atom stereocenters. The van der Waals surface area contributed by atoms with Crippen LogP contribution in [-0.4, -0.2) is 42.9 Å². The molecule has 1 saturated heterocycles. The lowest BCUT2D eigenvalue weighted by Gasteiger charge is -2.32. The predicted molar refractivity (Wildman–Crippen MR) is 87.5 cm³/mol.